The second-order valence-corrected chi connectivity index (χ2v) is 4.54. The minimum Gasteiger partial charge on any atom is -0.389 e. The van der Waals surface area contributed by atoms with Gasteiger partial charge in [0.05, 0.1) is 5.56 Å². The molecule has 0 radical (unpaired) electrons. The van der Waals surface area contributed by atoms with Gasteiger partial charge in [-0.1, -0.05) is 12.2 Å². The van der Waals surface area contributed by atoms with Crippen LogP contribution in [0.4, 0.5) is 18.9 Å². The van der Waals surface area contributed by atoms with Crippen molar-refractivity contribution in [3.63, 3.8) is 0 Å². The number of nitrogens with one attached hydrogen (secondary N) is 2. The molecular weight excluding hydrogens is 291 g/mol. The summed E-state index contributed by atoms with van der Waals surface area (Å²) >= 11 is 4.64. The fourth-order valence-electron chi connectivity index (χ4n) is 1.62. The molecule has 1 amide bonds. The molecule has 0 saturated heterocycles. The largest absolute Gasteiger partial charge is 0.417 e. The maximum atomic E-state index is 12.8. The molecule has 110 valence electrons. The van der Waals surface area contributed by atoms with E-state index in [4.69, 9.17) is 5.73 Å². The summed E-state index contributed by atoms with van der Waals surface area (Å²) in [5.41, 5.74) is 4.48. The van der Waals surface area contributed by atoms with Crippen molar-refractivity contribution in [2.75, 3.05) is 12.4 Å². The van der Waals surface area contributed by atoms with Crippen molar-refractivity contribution >= 4 is 28.8 Å². The van der Waals surface area contributed by atoms with E-state index in [1.54, 1.807) is 6.92 Å². The molecule has 0 aliphatic carbocycles. The smallest absolute Gasteiger partial charge is 0.389 e. The molecular formula is C12H14F3N3OS. The van der Waals surface area contributed by atoms with Crippen LogP contribution in [-0.2, 0) is 11.0 Å². The number of rotatable bonds is 4. The molecule has 0 saturated carbocycles. The summed E-state index contributed by atoms with van der Waals surface area (Å²) in [6.07, 6.45) is -4.54. The van der Waals surface area contributed by atoms with E-state index < -0.39 is 17.8 Å². The number of amides is 1. The van der Waals surface area contributed by atoms with Crippen LogP contribution in [0.5, 0.6) is 0 Å². The Bertz CT molecular complexity index is 531. The zero-order valence-electron chi connectivity index (χ0n) is 10.8. The minimum atomic E-state index is -4.54. The predicted molar refractivity (Wildman–Crippen MR) is 74.5 cm³/mol. The Morgan fingerprint density at radius 1 is 1.40 bits per heavy atom. The van der Waals surface area contributed by atoms with Crippen molar-refractivity contribution in [1.82, 2.24) is 5.32 Å². The first-order valence-electron chi connectivity index (χ1n) is 5.66. The molecule has 0 aliphatic heterocycles. The number of halogens is 3. The Morgan fingerprint density at radius 3 is 2.45 bits per heavy atom. The Hall–Kier alpha value is -1.83. The van der Waals surface area contributed by atoms with Gasteiger partial charge in [-0.3, -0.25) is 4.79 Å². The SMILES string of the molecule is CNC(=O)C(C)Nc1ccc(C(F)(F)F)c(C(N)=S)c1. The van der Waals surface area contributed by atoms with Crippen molar-refractivity contribution in [2.24, 2.45) is 5.73 Å². The van der Waals surface area contributed by atoms with E-state index in [1.807, 2.05) is 0 Å². The summed E-state index contributed by atoms with van der Waals surface area (Å²) in [6.45, 7) is 1.58. The average Bonchev–Trinajstić information content (AvgIpc) is 2.36. The van der Waals surface area contributed by atoms with E-state index >= 15 is 0 Å². The molecule has 0 bridgehead atoms. The van der Waals surface area contributed by atoms with Gasteiger partial charge in [0.15, 0.2) is 0 Å². The summed E-state index contributed by atoms with van der Waals surface area (Å²) in [5.74, 6) is -0.290. The lowest BCUT2D eigenvalue weighted by Gasteiger charge is -2.17. The number of likely N-dealkylation sites (N-methyl/N-ethyl adjacent to an activating group) is 1. The third-order valence-electron chi connectivity index (χ3n) is 2.61. The summed E-state index contributed by atoms with van der Waals surface area (Å²) in [6, 6.07) is 2.69. The van der Waals surface area contributed by atoms with Crippen LogP contribution in [0.2, 0.25) is 0 Å². The molecule has 4 N–H and O–H groups in total. The molecule has 4 nitrogen and oxygen atoms in total. The van der Waals surface area contributed by atoms with E-state index in [1.165, 1.54) is 19.2 Å². The molecule has 1 aromatic carbocycles. The van der Waals surface area contributed by atoms with Crippen LogP contribution in [0, 0.1) is 0 Å². The molecule has 8 heteroatoms. The van der Waals surface area contributed by atoms with Crippen LogP contribution >= 0.6 is 12.2 Å². The van der Waals surface area contributed by atoms with Gasteiger partial charge in [-0.25, -0.2) is 0 Å². The zero-order chi connectivity index (χ0) is 15.5. The number of hydrogen-bond acceptors (Lipinski definition) is 3. The first-order valence-corrected chi connectivity index (χ1v) is 6.06. The highest BCUT2D eigenvalue weighted by atomic mass is 32.1. The fourth-order valence-corrected chi connectivity index (χ4v) is 1.79. The van der Waals surface area contributed by atoms with Gasteiger partial charge in [0.1, 0.15) is 11.0 Å². The average molecular weight is 305 g/mol. The van der Waals surface area contributed by atoms with Crippen LogP contribution < -0.4 is 16.4 Å². The van der Waals surface area contributed by atoms with E-state index in [-0.39, 0.29) is 16.5 Å². The van der Waals surface area contributed by atoms with E-state index in [0.717, 1.165) is 6.07 Å². The number of benzene rings is 1. The summed E-state index contributed by atoms with van der Waals surface area (Å²) in [7, 11) is 1.47. The van der Waals surface area contributed by atoms with Crippen LogP contribution in [0.15, 0.2) is 18.2 Å². The molecule has 1 atom stereocenters. The Morgan fingerprint density at radius 2 is 2.00 bits per heavy atom. The van der Waals surface area contributed by atoms with Crippen molar-refractivity contribution in [1.29, 1.82) is 0 Å². The van der Waals surface area contributed by atoms with E-state index in [9.17, 15) is 18.0 Å². The number of thiocarbonyl (C=S) groups is 1. The Kier molecular flexibility index (Phi) is 4.93. The molecule has 1 unspecified atom stereocenters. The lowest BCUT2D eigenvalue weighted by atomic mass is 10.1. The molecule has 20 heavy (non-hydrogen) atoms. The van der Waals surface area contributed by atoms with Gasteiger partial charge in [0.2, 0.25) is 5.91 Å². The first kappa shape index (κ1) is 16.2. The van der Waals surface area contributed by atoms with Crippen LogP contribution in [-0.4, -0.2) is 24.0 Å². The predicted octanol–water partition coefficient (Wildman–Crippen LogP) is 1.89. The summed E-state index contributed by atoms with van der Waals surface area (Å²) in [5, 5.41) is 5.20. The van der Waals surface area contributed by atoms with Gasteiger partial charge >= 0.3 is 6.18 Å². The quantitative estimate of drug-likeness (QED) is 0.743. The molecule has 1 aromatic rings. The Labute approximate surface area is 119 Å². The second kappa shape index (κ2) is 6.08. The van der Waals surface area contributed by atoms with Crippen molar-refractivity contribution in [3.8, 4) is 0 Å². The van der Waals surface area contributed by atoms with E-state index in [2.05, 4.69) is 22.9 Å². The van der Waals surface area contributed by atoms with E-state index in [0.29, 0.717) is 5.69 Å². The maximum Gasteiger partial charge on any atom is 0.417 e. The zero-order valence-corrected chi connectivity index (χ0v) is 11.7. The Balaban J connectivity index is 3.12. The molecule has 0 heterocycles. The van der Waals surface area contributed by atoms with Gasteiger partial charge < -0.3 is 16.4 Å². The van der Waals surface area contributed by atoms with Crippen LogP contribution in [0.3, 0.4) is 0 Å². The fraction of sp³-hybridized carbons (Fsp3) is 0.333. The number of hydrogen-bond donors (Lipinski definition) is 3. The monoisotopic (exact) mass is 305 g/mol. The number of alkyl halides is 3. The highest BCUT2D eigenvalue weighted by Crippen LogP contribution is 2.33. The van der Waals surface area contributed by atoms with Crippen molar-refractivity contribution < 1.29 is 18.0 Å². The number of nitrogens with two attached hydrogens (primary N) is 1. The molecule has 0 spiro atoms. The topological polar surface area (TPSA) is 67.2 Å². The van der Waals surface area contributed by atoms with Gasteiger partial charge in [-0.05, 0) is 25.1 Å². The lowest BCUT2D eigenvalue weighted by Crippen LogP contribution is -2.35. The minimum absolute atomic E-state index is 0.276. The highest BCUT2D eigenvalue weighted by Gasteiger charge is 2.34. The number of anilines is 1. The number of carbonyl (C=O) groups is 1. The standard InChI is InChI=1S/C12H14F3N3OS/c1-6(11(19)17-2)18-7-3-4-9(12(13,14)15)8(5-7)10(16)20/h3-6,18H,1-2H3,(H2,16,20)(H,17,19). The summed E-state index contributed by atoms with van der Waals surface area (Å²) < 4.78 is 38.4. The normalized spacial score (nSPS) is 12.7. The number of carbonyl (C=O) groups excluding carboxylic acids is 1. The van der Waals surface area contributed by atoms with Crippen LogP contribution in [0.25, 0.3) is 0 Å². The summed E-state index contributed by atoms with van der Waals surface area (Å²) in [4.78, 5) is 11.0. The van der Waals surface area contributed by atoms with Gasteiger partial charge in [0.25, 0.3) is 0 Å². The maximum absolute atomic E-state index is 12.8. The van der Waals surface area contributed by atoms with Gasteiger partial charge in [-0.15, -0.1) is 0 Å². The highest BCUT2D eigenvalue weighted by molar-refractivity contribution is 7.80. The molecule has 0 aromatic heterocycles. The van der Waals surface area contributed by atoms with Crippen molar-refractivity contribution in [3.05, 3.63) is 29.3 Å². The molecule has 0 aliphatic rings. The van der Waals surface area contributed by atoms with Gasteiger partial charge in [-0.2, -0.15) is 13.2 Å². The molecule has 0 fully saturated rings. The first-order chi connectivity index (χ1) is 9.16. The third-order valence-corrected chi connectivity index (χ3v) is 2.83. The van der Waals surface area contributed by atoms with Crippen molar-refractivity contribution in [2.45, 2.75) is 19.1 Å². The van der Waals surface area contributed by atoms with Gasteiger partial charge in [0, 0.05) is 18.3 Å². The third kappa shape index (κ3) is 3.83. The second-order valence-electron chi connectivity index (χ2n) is 4.10. The molecule has 1 rings (SSSR count). The lowest BCUT2D eigenvalue weighted by molar-refractivity contribution is -0.137. The van der Waals surface area contributed by atoms with Crippen LogP contribution in [0.1, 0.15) is 18.1 Å².